The number of benzene rings is 1. The van der Waals surface area contributed by atoms with Crippen LogP contribution in [0.3, 0.4) is 0 Å². The largest absolute Gasteiger partial charge is 0.468 e. The summed E-state index contributed by atoms with van der Waals surface area (Å²) in [5, 5.41) is 3.14. The van der Waals surface area contributed by atoms with E-state index in [2.05, 4.69) is 17.4 Å². The fraction of sp³-hybridized carbons (Fsp3) is 0.500. The van der Waals surface area contributed by atoms with Crippen molar-refractivity contribution < 1.29 is 14.3 Å². The zero-order chi connectivity index (χ0) is 13.2. The lowest BCUT2D eigenvalue weighted by Gasteiger charge is -2.16. The van der Waals surface area contributed by atoms with Gasteiger partial charge >= 0.3 is 5.97 Å². The van der Waals surface area contributed by atoms with Gasteiger partial charge in [0.1, 0.15) is 6.04 Å². The zero-order valence-corrected chi connectivity index (χ0v) is 11.0. The molecule has 4 nitrogen and oxygen atoms in total. The van der Waals surface area contributed by atoms with E-state index in [0.717, 1.165) is 12.8 Å². The molecule has 1 aromatic carbocycles. The van der Waals surface area contributed by atoms with Gasteiger partial charge in [-0.3, -0.25) is 4.79 Å². The molecular formula is C14H21NO3. The van der Waals surface area contributed by atoms with Gasteiger partial charge in [-0.15, -0.1) is 0 Å². The van der Waals surface area contributed by atoms with Crippen LogP contribution in [-0.4, -0.2) is 39.4 Å². The van der Waals surface area contributed by atoms with Crippen molar-refractivity contribution in [1.29, 1.82) is 0 Å². The molecule has 0 saturated heterocycles. The second-order valence-electron chi connectivity index (χ2n) is 4.05. The lowest BCUT2D eigenvalue weighted by atomic mass is 10.1. The Morgan fingerprint density at radius 3 is 2.61 bits per heavy atom. The molecule has 0 aliphatic heterocycles. The van der Waals surface area contributed by atoms with Gasteiger partial charge in [-0.05, 0) is 18.4 Å². The summed E-state index contributed by atoms with van der Waals surface area (Å²) in [6, 6.07) is 9.83. The van der Waals surface area contributed by atoms with Crippen molar-refractivity contribution in [2.75, 3.05) is 27.4 Å². The van der Waals surface area contributed by atoms with Crippen LogP contribution in [0.1, 0.15) is 12.0 Å². The standard InChI is InChI=1S/C14H21NO3/c1-17-11-10-15-13(14(16)18-2)9-8-12-6-4-3-5-7-12/h3-7,13,15H,8-11H2,1-2H3. The molecule has 0 aromatic heterocycles. The minimum atomic E-state index is -0.273. The van der Waals surface area contributed by atoms with Gasteiger partial charge in [-0.1, -0.05) is 30.3 Å². The van der Waals surface area contributed by atoms with E-state index in [4.69, 9.17) is 9.47 Å². The third-order valence-corrected chi connectivity index (χ3v) is 2.75. The van der Waals surface area contributed by atoms with Crippen LogP contribution in [0.2, 0.25) is 0 Å². The molecule has 0 radical (unpaired) electrons. The highest BCUT2D eigenvalue weighted by Crippen LogP contribution is 2.06. The molecule has 1 N–H and O–H groups in total. The predicted molar refractivity (Wildman–Crippen MR) is 70.4 cm³/mol. The Balaban J connectivity index is 2.43. The first-order valence-corrected chi connectivity index (χ1v) is 6.12. The first-order valence-electron chi connectivity index (χ1n) is 6.12. The van der Waals surface area contributed by atoms with Crippen LogP contribution in [0, 0.1) is 0 Å². The summed E-state index contributed by atoms with van der Waals surface area (Å²) >= 11 is 0. The number of esters is 1. The fourth-order valence-electron chi connectivity index (χ4n) is 1.74. The van der Waals surface area contributed by atoms with Crippen LogP contribution in [0.5, 0.6) is 0 Å². The van der Waals surface area contributed by atoms with E-state index in [0.29, 0.717) is 13.2 Å². The van der Waals surface area contributed by atoms with Gasteiger partial charge in [0.05, 0.1) is 13.7 Å². The number of hydrogen-bond donors (Lipinski definition) is 1. The van der Waals surface area contributed by atoms with Crippen LogP contribution in [0.4, 0.5) is 0 Å². The second-order valence-corrected chi connectivity index (χ2v) is 4.05. The van der Waals surface area contributed by atoms with E-state index < -0.39 is 0 Å². The molecule has 0 spiro atoms. The monoisotopic (exact) mass is 251 g/mol. The summed E-state index contributed by atoms with van der Waals surface area (Å²) in [5.41, 5.74) is 1.22. The molecule has 0 aliphatic carbocycles. The molecule has 100 valence electrons. The van der Waals surface area contributed by atoms with Crippen molar-refractivity contribution in [3.8, 4) is 0 Å². The first-order chi connectivity index (χ1) is 8.77. The number of carbonyl (C=O) groups excluding carboxylic acids is 1. The molecule has 0 saturated carbocycles. The van der Waals surface area contributed by atoms with E-state index in [1.807, 2.05) is 18.2 Å². The molecule has 1 unspecified atom stereocenters. The lowest BCUT2D eigenvalue weighted by molar-refractivity contribution is -0.143. The van der Waals surface area contributed by atoms with Crippen molar-refractivity contribution in [1.82, 2.24) is 5.32 Å². The van der Waals surface area contributed by atoms with Gasteiger partial charge in [0.2, 0.25) is 0 Å². The molecule has 0 heterocycles. The van der Waals surface area contributed by atoms with E-state index in [1.165, 1.54) is 12.7 Å². The zero-order valence-electron chi connectivity index (χ0n) is 11.0. The summed E-state index contributed by atoms with van der Waals surface area (Å²) in [6.45, 7) is 1.23. The summed E-state index contributed by atoms with van der Waals surface area (Å²) in [6.07, 6.45) is 1.57. The van der Waals surface area contributed by atoms with Gasteiger partial charge in [0, 0.05) is 13.7 Å². The molecule has 0 amide bonds. The summed E-state index contributed by atoms with van der Waals surface area (Å²) in [4.78, 5) is 11.6. The van der Waals surface area contributed by atoms with E-state index in [-0.39, 0.29) is 12.0 Å². The average molecular weight is 251 g/mol. The highest BCUT2D eigenvalue weighted by Gasteiger charge is 2.17. The maximum atomic E-state index is 11.6. The smallest absolute Gasteiger partial charge is 0.322 e. The Kier molecular flexibility index (Phi) is 7.06. The molecule has 4 heteroatoms. The molecule has 18 heavy (non-hydrogen) atoms. The Morgan fingerprint density at radius 2 is 2.00 bits per heavy atom. The quantitative estimate of drug-likeness (QED) is 0.560. The van der Waals surface area contributed by atoms with Crippen LogP contribution in [-0.2, 0) is 20.7 Å². The van der Waals surface area contributed by atoms with Crippen molar-refractivity contribution in [2.45, 2.75) is 18.9 Å². The molecule has 1 atom stereocenters. The maximum Gasteiger partial charge on any atom is 0.322 e. The normalized spacial score (nSPS) is 12.1. The third kappa shape index (κ3) is 5.29. The minimum Gasteiger partial charge on any atom is -0.468 e. The van der Waals surface area contributed by atoms with Crippen LogP contribution in [0.15, 0.2) is 30.3 Å². The second kappa shape index (κ2) is 8.66. The summed E-state index contributed by atoms with van der Waals surface area (Å²) in [5.74, 6) is -0.220. The van der Waals surface area contributed by atoms with Crippen molar-refractivity contribution >= 4 is 5.97 Å². The molecule has 0 aliphatic rings. The number of rotatable bonds is 8. The highest BCUT2D eigenvalue weighted by atomic mass is 16.5. The number of nitrogens with one attached hydrogen (secondary N) is 1. The van der Waals surface area contributed by atoms with Crippen LogP contribution >= 0.6 is 0 Å². The molecule has 0 bridgehead atoms. The SMILES string of the molecule is COCCNC(CCc1ccccc1)C(=O)OC. The number of ether oxygens (including phenoxy) is 2. The topological polar surface area (TPSA) is 47.6 Å². The number of carbonyl (C=O) groups is 1. The third-order valence-electron chi connectivity index (χ3n) is 2.75. The average Bonchev–Trinajstić information content (AvgIpc) is 2.43. The van der Waals surface area contributed by atoms with Gasteiger partial charge in [0.15, 0.2) is 0 Å². The first kappa shape index (κ1) is 14.7. The highest BCUT2D eigenvalue weighted by molar-refractivity contribution is 5.75. The van der Waals surface area contributed by atoms with Crippen molar-refractivity contribution in [2.24, 2.45) is 0 Å². The number of hydrogen-bond acceptors (Lipinski definition) is 4. The van der Waals surface area contributed by atoms with E-state index in [1.54, 1.807) is 7.11 Å². The maximum absolute atomic E-state index is 11.6. The molecular weight excluding hydrogens is 230 g/mol. The lowest BCUT2D eigenvalue weighted by Crippen LogP contribution is -2.39. The van der Waals surface area contributed by atoms with Gasteiger partial charge < -0.3 is 14.8 Å². The fourth-order valence-corrected chi connectivity index (χ4v) is 1.74. The Bertz CT molecular complexity index is 340. The molecule has 0 fully saturated rings. The van der Waals surface area contributed by atoms with Crippen LogP contribution in [0.25, 0.3) is 0 Å². The Morgan fingerprint density at radius 1 is 1.28 bits per heavy atom. The Hall–Kier alpha value is -1.39. The van der Waals surface area contributed by atoms with Gasteiger partial charge in [-0.25, -0.2) is 0 Å². The number of methoxy groups -OCH3 is 2. The predicted octanol–water partition coefficient (Wildman–Crippen LogP) is 1.40. The Labute approximate surface area is 108 Å². The van der Waals surface area contributed by atoms with Gasteiger partial charge in [0.25, 0.3) is 0 Å². The summed E-state index contributed by atoms with van der Waals surface area (Å²) < 4.78 is 9.74. The van der Waals surface area contributed by atoms with Crippen molar-refractivity contribution in [3.05, 3.63) is 35.9 Å². The van der Waals surface area contributed by atoms with Crippen LogP contribution < -0.4 is 5.32 Å². The van der Waals surface area contributed by atoms with Crippen molar-refractivity contribution in [3.63, 3.8) is 0 Å². The van der Waals surface area contributed by atoms with Gasteiger partial charge in [-0.2, -0.15) is 0 Å². The summed E-state index contributed by atoms with van der Waals surface area (Å²) in [7, 11) is 3.05. The van der Waals surface area contributed by atoms with E-state index >= 15 is 0 Å². The molecule has 1 rings (SSSR count). The van der Waals surface area contributed by atoms with E-state index in [9.17, 15) is 4.79 Å². The minimum absolute atomic E-state index is 0.220. The number of aryl methyl sites for hydroxylation is 1. The molecule has 1 aromatic rings.